The zero-order valence-electron chi connectivity index (χ0n) is 18.2. The van der Waals surface area contributed by atoms with Crippen LogP contribution in [0.1, 0.15) is 133 Å². The molecule has 0 atom stereocenters. The molecule has 0 spiro atoms. The SMILES string of the molecule is CCCCCCC[C@H]1CC[C@H](c2ccc([C@H]3CC[C@H](CC)CC3)cc2)CC1. The van der Waals surface area contributed by atoms with Gasteiger partial charge in [0.1, 0.15) is 0 Å². The van der Waals surface area contributed by atoms with Crippen LogP contribution in [0.3, 0.4) is 0 Å². The maximum absolute atomic E-state index is 2.48. The minimum atomic E-state index is 0.838. The van der Waals surface area contributed by atoms with Gasteiger partial charge in [-0.3, -0.25) is 0 Å². The molecule has 27 heavy (non-hydrogen) atoms. The molecular formula is C27H44. The Bertz CT molecular complexity index is 497. The summed E-state index contributed by atoms with van der Waals surface area (Å²) in [6.07, 6.45) is 21.6. The zero-order chi connectivity index (χ0) is 18.9. The molecule has 0 N–H and O–H groups in total. The smallest absolute Gasteiger partial charge is 0.0162 e. The summed E-state index contributed by atoms with van der Waals surface area (Å²) in [6.45, 7) is 4.67. The van der Waals surface area contributed by atoms with Gasteiger partial charge in [0.05, 0.1) is 0 Å². The van der Waals surface area contributed by atoms with Crippen LogP contribution in [-0.2, 0) is 0 Å². The van der Waals surface area contributed by atoms with Crippen molar-refractivity contribution in [3.63, 3.8) is 0 Å². The van der Waals surface area contributed by atoms with Crippen molar-refractivity contribution in [1.29, 1.82) is 0 Å². The molecule has 0 nitrogen and oxygen atoms in total. The van der Waals surface area contributed by atoms with E-state index in [1.807, 2.05) is 0 Å². The lowest BCUT2D eigenvalue weighted by atomic mass is 9.75. The lowest BCUT2D eigenvalue weighted by molar-refractivity contribution is 0.301. The van der Waals surface area contributed by atoms with E-state index in [4.69, 9.17) is 0 Å². The second kappa shape index (κ2) is 11.3. The first-order chi connectivity index (χ1) is 13.3. The predicted molar refractivity (Wildman–Crippen MR) is 120 cm³/mol. The maximum atomic E-state index is 2.48. The van der Waals surface area contributed by atoms with Crippen LogP contribution in [0.15, 0.2) is 24.3 Å². The van der Waals surface area contributed by atoms with E-state index in [2.05, 4.69) is 38.1 Å². The van der Waals surface area contributed by atoms with Gasteiger partial charge in [0, 0.05) is 0 Å². The van der Waals surface area contributed by atoms with Crippen molar-refractivity contribution in [1.82, 2.24) is 0 Å². The molecule has 0 bridgehead atoms. The molecule has 152 valence electrons. The molecule has 0 aliphatic heterocycles. The second-order valence-corrected chi connectivity index (χ2v) is 9.71. The number of hydrogen-bond donors (Lipinski definition) is 0. The summed E-state index contributed by atoms with van der Waals surface area (Å²) in [5.74, 6) is 3.70. The second-order valence-electron chi connectivity index (χ2n) is 9.71. The summed E-state index contributed by atoms with van der Waals surface area (Å²) in [7, 11) is 0. The monoisotopic (exact) mass is 368 g/mol. The fraction of sp³-hybridized carbons (Fsp3) is 0.778. The summed E-state index contributed by atoms with van der Waals surface area (Å²) in [6, 6.07) is 9.92. The van der Waals surface area contributed by atoms with Crippen molar-refractivity contribution in [2.75, 3.05) is 0 Å². The van der Waals surface area contributed by atoms with Crippen molar-refractivity contribution < 1.29 is 0 Å². The van der Waals surface area contributed by atoms with Gasteiger partial charge in [0.15, 0.2) is 0 Å². The Morgan fingerprint density at radius 2 is 1.07 bits per heavy atom. The number of hydrogen-bond acceptors (Lipinski definition) is 0. The molecule has 1 aromatic rings. The normalized spacial score (nSPS) is 29.0. The third-order valence-corrected chi connectivity index (χ3v) is 7.87. The Morgan fingerprint density at radius 1 is 0.593 bits per heavy atom. The average Bonchev–Trinajstić information content (AvgIpc) is 2.74. The molecular weight excluding hydrogens is 324 g/mol. The Balaban J connectivity index is 1.40. The Labute approximate surface area is 169 Å². The van der Waals surface area contributed by atoms with Crippen LogP contribution < -0.4 is 0 Å². The molecule has 2 saturated carbocycles. The zero-order valence-corrected chi connectivity index (χ0v) is 18.2. The predicted octanol–water partition coefficient (Wildman–Crippen LogP) is 9.00. The van der Waals surface area contributed by atoms with Gasteiger partial charge in [-0.15, -0.1) is 0 Å². The largest absolute Gasteiger partial charge is 0.0654 e. The molecule has 0 saturated heterocycles. The molecule has 0 heterocycles. The first-order valence-corrected chi connectivity index (χ1v) is 12.4. The standard InChI is InChI=1S/C27H44/c1-3-5-6-7-8-9-23-12-16-25(17-13-23)27-20-18-26(19-21-27)24-14-10-22(4-2)11-15-24/h18-25H,3-17H2,1-2H3/t22-,23-,24-,25-. The maximum Gasteiger partial charge on any atom is -0.0162 e. The van der Waals surface area contributed by atoms with E-state index >= 15 is 0 Å². The number of benzene rings is 1. The highest BCUT2D eigenvalue weighted by Crippen LogP contribution is 2.40. The number of unbranched alkanes of at least 4 members (excludes halogenated alkanes) is 4. The summed E-state index contributed by atoms with van der Waals surface area (Å²) >= 11 is 0. The lowest BCUT2D eigenvalue weighted by Crippen LogP contribution is -2.14. The van der Waals surface area contributed by atoms with Gasteiger partial charge in [-0.2, -0.15) is 0 Å². The summed E-state index contributed by atoms with van der Waals surface area (Å²) in [5.41, 5.74) is 3.25. The highest BCUT2D eigenvalue weighted by molar-refractivity contribution is 5.28. The molecule has 2 aliphatic carbocycles. The molecule has 0 aromatic heterocycles. The van der Waals surface area contributed by atoms with E-state index in [-0.39, 0.29) is 0 Å². The summed E-state index contributed by atoms with van der Waals surface area (Å²) < 4.78 is 0. The van der Waals surface area contributed by atoms with Gasteiger partial charge in [-0.25, -0.2) is 0 Å². The molecule has 0 amide bonds. The van der Waals surface area contributed by atoms with Gasteiger partial charge in [-0.1, -0.05) is 83.1 Å². The van der Waals surface area contributed by atoms with E-state index in [9.17, 15) is 0 Å². The van der Waals surface area contributed by atoms with E-state index in [1.165, 1.54) is 96.3 Å². The van der Waals surface area contributed by atoms with E-state index < -0.39 is 0 Å². The highest BCUT2D eigenvalue weighted by atomic mass is 14.3. The van der Waals surface area contributed by atoms with Gasteiger partial charge in [0.2, 0.25) is 0 Å². The lowest BCUT2D eigenvalue weighted by Gasteiger charge is -2.30. The van der Waals surface area contributed by atoms with E-state index in [0.717, 1.165) is 23.7 Å². The third kappa shape index (κ3) is 6.37. The van der Waals surface area contributed by atoms with Crippen molar-refractivity contribution >= 4 is 0 Å². The van der Waals surface area contributed by atoms with Crippen LogP contribution in [0.25, 0.3) is 0 Å². The van der Waals surface area contributed by atoms with Gasteiger partial charge < -0.3 is 0 Å². The van der Waals surface area contributed by atoms with Gasteiger partial charge >= 0.3 is 0 Å². The summed E-state index contributed by atoms with van der Waals surface area (Å²) in [5, 5.41) is 0. The molecule has 2 fully saturated rings. The van der Waals surface area contributed by atoms with Crippen LogP contribution in [-0.4, -0.2) is 0 Å². The Morgan fingerprint density at radius 3 is 1.56 bits per heavy atom. The van der Waals surface area contributed by atoms with Crippen LogP contribution in [0.5, 0.6) is 0 Å². The fourth-order valence-electron chi connectivity index (χ4n) is 5.77. The Hall–Kier alpha value is -0.780. The minimum Gasteiger partial charge on any atom is -0.0654 e. The van der Waals surface area contributed by atoms with Crippen molar-refractivity contribution in [2.45, 2.75) is 122 Å². The first kappa shape index (κ1) is 20.9. The van der Waals surface area contributed by atoms with Crippen LogP contribution in [0.4, 0.5) is 0 Å². The van der Waals surface area contributed by atoms with E-state index in [1.54, 1.807) is 11.1 Å². The molecule has 0 heteroatoms. The molecule has 0 unspecified atom stereocenters. The van der Waals surface area contributed by atoms with Crippen LogP contribution in [0, 0.1) is 11.8 Å². The molecule has 1 aromatic carbocycles. The highest BCUT2D eigenvalue weighted by Gasteiger charge is 2.24. The van der Waals surface area contributed by atoms with Gasteiger partial charge in [-0.05, 0) is 86.2 Å². The molecule has 3 rings (SSSR count). The average molecular weight is 369 g/mol. The quantitative estimate of drug-likeness (QED) is 0.381. The summed E-state index contributed by atoms with van der Waals surface area (Å²) in [4.78, 5) is 0. The van der Waals surface area contributed by atoms with Crippen molar-refractivity contribution in [3.05, 3.63) is 35.4 Å². The topological polar surface area (TPSA) is 0 Å². The van der Waals surface area contributed by atoms with E-state index in [0.29, 0.717) is 0 Å². The van der Waals surface area contributed by atoms with Crippen LogP contribution >= 0.6 is 0 Å². The van der Waals surface area contributed by atoms with Crippen LogP contribution in [0.2, 0.25) is 0 Å². The molecule has 0 radical (unpaired) electrons. The third-order valence-electron chi connectivity index (χ3n) is 7.87. The van der Waals surface area contributed by atoms with Crippen molar-refractivity contribution in [3.8, 4) is 0 Å². The van der Waals surface area contributed by atoms with Crippen molar-refractivity contribution in [2.24, 2.45) is 11.8 Å². The first-order valence-electron chi connectivity index (χ1n) is 12.4. The molecule has 2 aliphatic rings. The Kier molecular flexibility index (Phi) is 8.75. The van der Waals surface area contributed by atoms with Gasteiger partial charge in [0.25, 0.3) is 0 Å². The fourth-order valence-corrected chi connectivity index (χ4v) is 5.77. The minimum absolute atomic E-state index is 0.838. The number of rotatable bonds is 9.